The maximum Gasteiger partial charge on any atom is 0.306 e. The molecular weight excluding hydrogens is 829 g/mol. The maximum absolute atomic E-state index is 12.8. The second-order valence-corrected chi connectivity index (χ2v) is 19.5. The average molecular weight is 940 g/mol. The topological polar surface area (TPSA) is 78.9 Å². The molecule has 0 aliphatic rings. The van der Waals surface area contributed by atoms with E-state index in [1.807, 2.05) is 6.08 Å². The molecular formula is C61H110O6. The lowest BCUT2D eigenvalue weighted by Crippen LogP contribution is -2.30. The number of rotatable bonds is 53. The fourth-order valence-electron chi connectivity index (χ4n) is 8.52. The molecule has 0 radical (unpaired) electrons. The first-order chi connectivity index (χ1) is 33.0. The molecule has 0 aliphatic carbocycles. The highest BCUT2D eigenvalue weighted by atomic mass is 16.6. The molecule has 0 aromatic rings. The van der Waals surface area contributed by atoms with E-state index in [0.29, 0.717) is 19.3 Å². The Morgan fingerprint density at radius 2 is 0.582 bits per heavy atom. The molecule has 0 aliphatic heterocycles. The van der Waals surface area contributed by atoms with E-state index in [-0.39, 0.29) is 37.5 Å². The number of esters is 3. The van der Waals surface area contributed by atoms with Crippen LogP contribution < -0.4 is 0 Å². The fourth-order valence-corrected chi connectivity index (χ4v) is 8.52. The summed E-state index contributed by atoms with van der Waals surface area (Å²) in [5.41, 5.74) is 0. The van der Waals surface area contributed by atoms with Gasteiger partial charge < -0.3 is 14.2 Å². The third-order valence-electron chi connectivity index (χ3n) is 12.9. The molecule has 1 unspecified atom stereocenters. The summed E-state index contributed by atoms with van der Waals surface area (Å²) in [5.74, 6) is -0.965. The lowest BCUT2D eigenvalue weighted by molar-refractivity contribution is -0.166. The van der Waals surface area contributed by atoms with E-state index >= 15 is 0 Å². The van der Waals surface area contributed by atoms with E-state index in [1.165, 1.54) is 193 Å². The Labute approximate surface area is 416 Å². The first-order valence-electron chi connectivity index (χ1n) is 29.1. The van der Waals surface area contributed by atoms with Gasteiger partial charge >= 0.3 is 17.9 Å². The molecule has 0 N–H and O–H groups in total. The van der Waals surface area contributed by atoms with Gasteiger partial charge in [-0.2, -0.15) is 0 Å². The molecule has 6 heteroatoms. The summed E-state index contributed by atoms with van der Waals surface area (Å²) < 4.78 is 16.8. The van der Waals surface area contributed by atoms with Crippen LogP contribution in [0.5, 0.6) is 0 Å². The first kappa shape index (κ1) is 64.4. The van der Waals surface area contributed by atoms with Crippen molar-refractivity contribution in [3.8, 4) is 0 Å². The molecule has 6 nitrogen and oxygen atoms in total. The summed E-state index contributed by atoms with van der Waals surface area (Å²) >= 11 is 0. The molecule has 0 rings (SSSR count). The number of carbonyl (C=O) groups is 3. The Bertz CT molecular complexity index is 1170. The monoisotopic (exact) mass is 939 g/mol. The van der Waals surface area contributed by atoms with Crippen LogP contribution in [0.4, 0.5) is 0 Å². The van der Waals surface area contributed by atoms with Crippen molar-refractivity contribution in [3.63, 3.8) is 0 Å². The number of unbranched alkanes of at least 4 members (excludes halogenated alkanes) is 34. The summed E-state index contributed by atoms with van der Waals surface area (Å²) in [4.78, 5) is 38.0. The van der Waals surface area contributed by atoms with Gasteiger partial charge in [-0.3, -0.25) is 14.4 Å². The zero-order valence-electron chi connectivity index (χ0n) is 44.7. The van der Waals surface area contributed by atoms with Crippen LogP contribution in [0, 0.1) is 0 Å². The largest absolute Gasteiger partial charge is 0.462 e. The summed E-state index contributed by atoms with van der Waals surface area (Å²) in [6.45, 7) is 6.50. The molecule has 0 aromatic heterocycles. The van der Waals surface area contributed by atoms with Crippen LogP contribution in [0.25, 0.3) is 0 Å². The van der Waals surface area contributed by atoms with E-state index < -0.39 is 6.10 Å². The maximum atomic E-state index is 12.8. The summed E-state index contributed by atoms with van der Waals surface area (Å²) in [6, 6.07) is 0. The van der Waals surface area contributed by atoms with Gasteiger partial charge in [-0.1, -0.05) is 288 Å². The van der Waals surface area contributed by atoms with E-state index in [1.54, 1.807) is 0 Å². The van der Waals surface area contributed by atoms with Crippen LogP contribution in [-0.2, 0) is 28.6 Å². The molecule has 0 amide bonds. The minimum Gasteiger partial charge on any atom is -0.462 e. The lowest BCUT2D eigenvalue weighted by Gasteiger charge is -2.18. The van der Waals surface area contributed by atoms with Gasteiger partial charge in [0.1, 0.15) is 13.2 Å². The van der Waals surface area contributed by atoms with Crippen molar-refractivity contribution in [1.29, 1.82) is 0 Å². The quantitative estimate of drug-likeness (QED) is 0.0262. The second kappa shape index (κ2) is 56.0. The van der Waals surface area contributed by atoms with E-state index in [4.69, 9.17) is 14.2 Å². The zero-order chi connectivity index (χ0) is 48.6. The Kier molecular flexibility index (Phi) is 53.8. The van der Waals surface area contributed by atoms with Gasteiger partial charge in [0.2, 0.25) is 0 Å². The normalized spacial score (nSPS) is 12.3. The van der Waals surface area contributed by atoms with Crippen LogP contribution in [0.2, 0.25) is 0 Å². The second-order valence-electron chi connectivity index (χ2n) is 19.5. The molecule has 67 heavy (non-hydrogen) atoms. The molecule has 0 bridgehead atoms. The van der Waals surface area contributed by atoms with E-state index in [0.717, 1.165) is 64.2 Å². The van der Waals surface area contributed by atoms with Crippen LogP contribution in [0.3, 0.4) is 0 Å². The number of hydrogen-bond acceptors (Lipinski definition) is 6. The van der Waals surface area contributed by atoms with E-state index in [9.17, 15) is 14.4 Å². The molecule has 0 fully saturated rings. The Morgan fingerprint density at radius 3 is 0.881 bits per heavy atom. The van der Waals surface area contributed by atoms with Crippen molar-refractivity contribution in [2.24, 2.45) is 0 Å². The fraction of sp³-hybridized carbons (Fsp3) is 0.820. The van der Waals surface area contributed by atoms with Gasteiger partial charge in [0, 0.05) is 19.3 Å². The predicted octanol–water partition coefficient (Wildman–Crippen LogP) is 19.4. The van der Waals surface area contributed by atoms with Gasteiger partial charge in [0.05, 0.1) is 0 Å². The highest BCUT2D eigenvalue weighted by Crippen LogP contribution is 2.17. The zero-order valence-corrected chi connectivity index (χ0v) is 44.7. The lowest BCUT2D eigenvalue weighted by atomic mass is 10.0. The highest BCUT2D eigenvalue weighted by molar-refractivity contribution is 5.71. The summed E-state index contributed by atoms with van der Waals surface area (Å²) in [7, 11) is 0. The smallest absolute Gasteiger partial charge is 0.306 e. The minimum atomic E-state index is -0.806. The van der Waals surface area contributed by atoms with Crippen LogP contribution in [0.15, 0.2) is 48.6 Å². The van der Waals surface area contributed by atoms with Crippen LogP contribution in [-0.4, -0.2) is 37.2 Å². The first-order valence-corrected chi connectivity index (χ1v) is 29.1. The van der Waals surface area contributed by atoms with Gasteiger partial charge in [0.25, 0.3) is 0 Å². The molecule has 0 spiro atoms. The summed E-state index contributed by atoms with van der Waals surface area (Å²) in [6.07, 6.45) is 68.5. The van der Waals surface area contributed by atoms with Gasteiger partial charge in [-0.25, -0.2) is 0 Å². The number of ether oxygens (including phenoxy) is 3. The van der Waals surface area contributed by atoms with Crippen molar-refractivity contribution in [3.05, 3.63) is 48.6 Å². The van der Waals surface area contributed by atoms with Gasteiger partial charge in [0.15, 0.2) is 6.10 Å². The Morgan fingerprint density at radius 1 is 0.313 bits per heavy atom. The van der Waals surface area contributed by atoms with Crippen LogP contribution >= 0.6 is 0 Å². The molecule has 0 saturated carbocycles. The standard InChI is InChI=1S/C61H110O6/c1-4-7-10-13-16-19-22-25-26-27-28-29-30-31-32-33-34-35-37-39-42-45-48-51-54-60(63)66-57-58(56-65-59(62)53-50-47-44-41-38-24-21-18-15-12-9-6-3)67-61(64)55-52-49-46-43-40-36-23-20-17-14-11-8-5-2/h8,11,17,20,36,40,46,49,58H,4-7,9-10,12-16,18-19,21-35,37-39,41-45,47-48,50-57H2,1-3H3/b11-8-,20-17-,40-36-,49-46-. The number of carbonyl (C=O) groups excluding carboxylic acids is 3. The van der Waals surface area contributed by atoms with E-state index in [2.05, 4.69) is 63.3 Å². The molecule has 0 saturated heterocycles. The molecule has 0 aromatic carbocycles. The van der Waals surface area contributed by atoms with Crippen molar-refractivity contribution in [2.75, 3.05) is 13.2 Å². The molecule has 1 atom stereocenters. The van der Waals surface area contributed by atoms with Crippen molar-refractivity contribution in [1.82, 2.24) is 0 Å². The predicted molar refractivity (Wildman–Crippen MR) is 289 cm³/mol. The van der Waals surface area contributed by atoms with Gasteiger partial charge in [-0.05, 0) is 44.9 Å². The van der Waals surface area contributed by atoms with Gasteiger partial charge in [-0.15, -0.1) is 0 Å². The average Bonchev–Trinajstić information content (AvgIpc) is 3.33. The Balaban J connectivity index is 4.25. The summed E-state index contributed by atoms with van der Waals surface area (Å²) in [5, 5.41) is 0. The van der Waals surface area contributed by atoms with Crippen LogP contribution in [0.1, 0.15) is 303 Å². The third kappa shape index (κ3) is 54.2. The van der Waals surface area contributed by atoms with Crippen molar-refractivity contribution < 1.29 is 28.6 Å². The van der Waals surface area contributed by atoms with Crippen molar-refractivity contribution in [2.45, 2.75) is 309 Å². The number of hydrogen-bond donors (Lipinski definition) is 0. The van der Waals surface area contributed by atoms with Crippen molar-refractivity contribution >= 4 is 17.9 Å². The third-order valence-corrected chi connectivity index (χ3v) is 12.9. The molecule has 0 heterocycles. The highest BCUT2D eigenvalue weighted by Gasteiger charge is 2.19. The number of allylic oxidation sites excluding steroid dienone is 8. The SMILES string of the molecule is CC/C=C\C/C=C\C/C=C\C/C=C\CCC(=O)OC(COC(=O)CCCCCCCCCCCCCC)COC(=O)CCCCCCCCCCCCCCCCCCCCCCCCCC. The molecule has 390 valence electrons. The minimum absolute atomic E-state index is 0.0974. The Hall–Kier alpha value is -2.63.